The van der Waals surface area contributed by atoms with E-state index in [-0.39, 0.29) is 17.6 Å². The van der Waals surface area contributed by atoms with Crippen molar-refractivity contribution in [1.29, 1.82) is 0 Å². The molecule has 1 heterocycles. The van der Waals surface area contributed by atoms with Gasteiger partial charge in [-0.25, -0.2) is 0 Å². The van der Waals surface area contributed by atoms with Crippen LogP contribution in [0.4, 0.5) is 5.69 Å². The smallest absolute Gasteiger partial charge is 0.293 e. The van der Waals surface area contributed by atoms with E-state index in [1.54, 1.807) is 25.1 Å². The van der Waals surface area contributed by atoms with Crippen molar-refractivity contribution in [3.63, 3.8) is 0 Å². The molecule has 0 aromatic heterocycles. The Bertz CT molecular complexity index is 1180. The molecule has 1 aliphatic heterocycles. The van der Waals surface area contributed by atoms with Crippen LogP contribution < -0.4 is 10.6 Å². The van der Waals surface area contributed by atoms with Crippen molar-refractivity contribution in [2.45, 2.75) is 77.2 Å². The average molecular weight is 502 g/mol. The Labute approximate surface area is 220 Å². The standard InChI is InChI=1S/C30H39N5O2/c1-30(2)16-14-21(15-17-30)24-18-22(20-6-9-23(10-7-20)32-19-28(36)35(4)5)8-11-25(24)34-29(37)26-12-13-27(31-3)33-26/h8,11,13-14,18,20,23,32H,6-7,9-10,12,15-17,19H2,1-2,4-5H3,(H,34,37). The van der Waals surface area contributed by atoms with E-state index in [1.165, 1.54) is 11.1 Å². The second-order valence-electron chi connectivity index (χ2n) is 11.5. The highest BCUT2D eigenvalue weighted by Crippen LogP contribution is 2.42. The number of aliphatic imine (C=N–C) groups is 1. The van der Waals surface area contributed by atoms with Gasteiger partial charge in [0.05, 0.1) is 6.54 Å². The molecule has 3 aliphatic rings. The number of hydrogen-bond acceptors (Lipinski definition) is 4. The normalized spacial score (nSPS) is 22.8. The molecule has 0 atom stereocenters. The van der Waals surface area contributed by atoms with Gasteiger partial charge in [-0.1, -0.05) is 38.6 Å². The molecule has 0 spiro atoms. The number of likely N-dealkylation sites (N-methyl/N-ethyl adjacent to an activating group) is 1. The van der Waals surface area contributed by atoms with Gasteiger partial charge in [-0.05, 0) is 79.5 Å². The Morgan fingerprint density at radius 3 is 2.54 bits per heavy atom. The predicted molar refractivity (Wildman–Crippen MR) is 149 cm³/mol. The number of anilines is 1. The van der Waals surface area contributed by atoms with E-state index >= 15 is 0 Å². The molecule has 2 amide bonds. The van der Waals surface area contributed by atoms with Gasteiger partial charge in [0.15, 0.2) is 5.71 Å². The molecule has 0 unspecified atom stereocenters. The summed E-state index contributed by atoms with van der Waals surface area (Å²) in [6.07, 6.45) is 11.8. The summed E-state index contributed by atoms with van der Waals surface area (Å²) in [5.74, 6) is 0.628. The number of hydrogen-bond donors (Lipinski definition) is 2. The fourth-order valence-corrected chi connectivity index (χ4v) is 5.36. The number of allylic oxidation sites excluding steroid dienone is 3. The van der Waals surface area contributed by atoms with Crippen LogP contribution in [0.1, 0.15) is 82.3 Å². The van der Waals surface area contributed by atoms with Gasteiger partial charge in [-0.2, -0.15) is 0 Å². The summed E-state index contributed by atoms with van der Waals surface area (Å²) >= 11 is 0. The van der Waals surface area contributed by atoms with E-state index in [9.17, 15) is 9.59 Å². The first-order valence-electron chi connectivity index (χ1n) is 13.4. The zero-order chi connectivity index (χ0) is 26.6. The Balaban J connectivity index is 1.50. The topological polar surface area (TPSA) is 78.2 Å². The highest BCUT2D eigenvalue weighted by molar-refractivity contribution is 6.44. The van der Waals surface area contributed by atoms with E-state index in [0.29, 0.717) is 36.1 Å². The molecule has 7 heteroatoms. The van der Waals surface area contributed by atoms with Crippen molar-refractivity contribution >= 4 is 28.8 Å². The summed E-state index contributed by atoms with van der Waals surface area (Å²) in [4.78, 5) is 34.0. The molecule has 0 saturated heterocycles. The van der Waals surface area contributed by atoms with Gasteiger partial charge >= 0.3 is 0 Å². The third kappa shape index (κ3) is 6.75. The first-order chi connectivity index (χ1) is 17.6. The van der Waals surface area contributed by atoms with E-state index < -0.39 is 0 Å². The lowest BCUT2D eigenvalue weighted by Crippen LogP contribution is -2.40. The van der Waals surface area contributed by atoms with Crippen molar-refractivity contribution in [3.8, 4) is 0 Å². The van der Waals surface area contributed by atoms with Crippen molar-refractivity contribution in [2.75, 3.05) is 26.0 Å². The molecule has 1 aromatic carbocycles. The van der Waals surface area contributed by atoms with Crippen molar-refractivity contribution in [1.82, 2.24) is 10.2 Å². The number of nitrogens with one attached hydrogen (secondary N) is 2. The van der Waals surface area contributed by atoms with E-state index in [2.05, 4.69) is 52.5 Å². The maximum absolute atomic E-state index is 13.0. The summed E-state index contributed by atoms with van der Waals surface area (Å²) in [6.45, 7) is 12.1. The first-order valence-corrected chi connectivity index (χ1v) is 13.4. The Morgan fingerprint density at radius 2 is 1.92 bits per heavy atom. The van der Waals surface area contributed by atoms with Crippen LogP contribution in [-0.4, -0.2) is 49.1 Å². The monoisotopic (exact) mass is 501 g/mol. The van der Waals surface area contributed by atoms with Gasteiger partial charge in [-0.3, -0.25) is 9.59 Å². The second kappa shape index (κ2) is 11.4. The number of carbonyl (C=O) groups is 2. The van der Waals surface area contributed by atoms with Crippen molar-refractivity contribution < 1.29 is 9.59 Å². The minimum absolute atomic E-state index is 0.109. The molecular formula is C30H39N5O2. The second-order valence-corrected chi connectivity index (χ2v) is 11.5. The van der Waals surface area contributed by atoms with Gasteiger partial charge in [0.1, 0.15) is 0 Å². The molecule has 7 nitrogen and oxygen atoms in total. The minimum Gasteiger partial charge on any atom is -0.361 e. The van der Waals surface area contributed by atoms with Crippen molar-refractivity contribution in [3.05, 3.63) is 58.7 Å². The molecule has 37 heavy (non-hydrogen) atoms. The Kier molecular flexibility index (Phi) is 8.29. The van der Waals surface area contributed by atoms with Crippen LogP contribution in [0.2, 0.25) is 0 Å². The maximum atomic E-state index is 13.0. The van der Waals surface area contributed by atoms with Crippen LogP contribution in [0, 0.1) is 12.0 Å². The Hall–Kier alpha value is -3.24. The quantitative estimate of drug-likeness (QED) is 0.483. The van der Waals surface area contributed by atoms with Gasteiger partial charge in [0, 0.05) is 37.8 Å². The summed E-state index contributed by atoms with van der Waals surface area (Å²) in [5, 5.41) is 6.52. The van der Waals surface area contributed by atoms with Crippen LogP contribution in [-0.2, 0) is 9.59 Å². The molecule has 1 aromatic rings. The lowest BCUT2D eigenvalue weighted by molar-refractivity contribution is -0.127. The van der Waals surface area contributed by atoms with E-state index in [0.717, 1.165) is 56.2 Å². The summed E-state index contributed by atoms with van der Waals surface area (Å²) in [5.41, 5.74) is 5.22. The molecule has 0 bridgehead atoms. The SMILES string of the molecule is [C-]#[N+]C1=CCC(C(=O)Nc2ccc(C3CCC(NCC(=O)N(C)C)CC3)cc2C2=CCC(C)(C)CC2)=N1. The minimum atomic E-state index is -0.237. The van der Waals surface area contributed by atoms with Gasteiger partial charge in [-0.15, -0.1) is 4.99 Å². The van der Waals surface area contributed by atoms with Crippen LogP contribution in [0.5, 0.6) is 0 Å². The number of benzene rings is 1. The van der Waals surface area contributed by atoms with Crippen LogP contribution >= 0.6 is 0 Å². The highest BCUT2D eigenvalue weighted by Gasteiger charge is 2.27. The fraction of sp³-hybridized carbons (Fsp3) is 0.533. The number of rotatable bonds is 7. The Morgan fingerprint density at radius 1 is 1.16 bits per heavy atom. The van der Waals surface area contributed by atoms with Gasteiger partial charge < -0.3 is 20.4 Å². The number of carbonyl (C=O) groups excluding carboxylic acids is 2. The molecule has 2 N–H and O–H groups in total. The largest absolute Gasteiger partial charge is 0.361 e. The predicted octanol–water partition coefficient (Wildman–Crippen LogP) is 5.53. The molecule has 2 aliphatic carbocycles. The maximum Gasteiger partial charge on any atom is 0.293 e. The van der Waals surface area contributed by atoms with Gasteiger partial charge in [0.2, 0.25) is 5.91 Å². The number of amides is 2. The molecule has 1 fully saturated rings. The van der Waals surface area contributed by atoms with Crippen LogP contribution in [0.25, 0.3) is 10.4 Å². The van der Waals surface area contributed by atoms with Gasteiger partial charge in [0.25, 0.3) is 11.7 Å². The van der Waals surface area contributed by atoms with Crippen molar-refractivity contribution in [2.24, 2.45) is 10.4 Å². The molecule has 1 saturated carbocycles. The molecule has 4 rings (SSSR count). The lowest BCUT2D eigenvalue weighted by atomic mass is 9.76. The number of nitrogens with zero attached hydrogens (tertiary/aromatic N) is 3. The molecule has 0 radical (unpaired) electrons. The van der Waals surface area contributed by atoms with E-state index in [4.69, 9.17) is 6.57 Å². The van der Waals surface area contributed by atoms with Crippen LogP contribution in [0.3, 0.4) is 0 Å². The summed E-state index contributed by atoms with van der Waals surface area (Å²) in [7, 11) is 3.58. The van der Waals surface area contributed by atoms with E-state index in [1.807, 2.05) is 6.07 Å². The zero-order valence-electron chi connectivity index (χ0n) is 22.6. The zero-order valence-corrected chi connectivity index (χ0v) is 22.6. The fourth-order valence-electron chi connectivity index (χ4n) is 5.36. The lowest BCUT2D eigenvalue weighted by Gasteiger charge is -2.31. The third-order valence-electron chi connectivity index (χ3n) is 7.95. The highest BCUT2D eigenvalue weighted by atomic mass is 16.2. The van der Waals surface area contributed by atoms with Crippen LogP contribution in [0.15, 0.2) is 41.2 Å². The third-order valence-corrected chi connectivity index (χ3v) is 7.95. The summed E-state index contributed by atoms with van der Waals surface area (Å²) < 4.78 is 0. The molecule has 196 valence electrons. The first kappa shape index (κ1) is 26.8. The average Bonchev–Trinajstić information content (AvgIpc) is 3.38. The molecular weight excluding hydrogens is 462 g/mol. The summed E-state index contributed by atoms with van der Waals surface area (Å²) in [6, 6.07) is 6.86.